The van der Waals surface area contributed by atoms with Crippen molar-refractivity contribution in [2.45, 2.75) is 51.8 Å². The molecule has 1 saturated heterocycles. The van der Waals surface area contributed by atoms with E-state index in [2.05, 4.69) is 16.1 Å². The minimum atomic E-state index is -0.905. The molecular formula is C28H36ClN3O4. The molecule has 0 unspecified atom stereocenters. The van der Waals surface area contributed by atoms with Crippen LogP contribution in [-0.4, -0.2) is 58.8 Å². The van der Waals surface area contributed by atoms with E-state index in [1.165, 1.54) is 0 Å². The molecule has 3 aromatic rings. The largest absolute Gasteiger partial charge is 0.493 e. The van der Waals surface area contributed by atoms with Crippen LogP contribution < -0.4 is 14.2 Å². The standard InChI is InChI=1S/C28H36ClN3O4/c1-21-15-24(16-22(2)27(21)29)36-20-28(33)9-4-11-31(19-28)18-23-7-8-25(34-3)26(17-23)35-14-6-13-32-12-5-10-30-32/h5,7-8,10,12,15-17,33H,4,6,9,11,13-14,18-20H2,1-3H3/t28-/m0/s1. The molecular weight excluding hydrogens is 478 g/mol. The number of ether oxygens (including phenoxy) is 3. The van der Waals surface area contributed by atoms with Crippen molar-refractivity contribution in [1.29, 1.82) is 0 Å². The van der Waals surface area contributed by atoms with E-state index in [1.807, 2.05) is 55.1 Å². The Bertz CT molecular complexity index is 1110. The number of piperidine rings is 1. The molecule has 0 aliphatic carbocycles. The number of aryl methyl sites for hydroxylation is 3. The van der Waals surface area contributed by atoms with Crippen molar-refractivity contribution in [2.75, 3.05) is 33.4 Å². The summed E-state index contributed by atoms with van der Waals surface area (Å²) < 4.78 is 19.5. The quantitative estimate of drug-likeness (QED) is 0.362. The molecule has 0 amide bonds. The number of methoxy groups -OCH3 is 1. The average molecular weight is 514 g/mol. The summed E-state index contributed by atoms with van der Waals surface area (Å²) in [7, 11) is 1.65. The Morgan fingerprint density at radius 3 is 2.64 bits per heavy atom. The Labute approximate surface area is 218 Å². The maximum absolute atomic E-state index is 11.3. The van der Waals surface area contributed by atoms with Crippen molar-refractivity contribution < 1.29 is 19.3 Å². The Balaban J connectivity index is 1.33. The topological polar surface area (TPSA) is 69.0 Å². The molecule has 1 fully saturated rings. The molecule has 7 nitrogen and oxygen atoms in total. The minimum absolute atomic E-state index is 0.247. The zero-order valence-corrected chi connectivity index (χ0v) is 22.1. The zero-order chi connectivity index (χ0) is 25.5. The molecule has 2 heterocycles. The van der Waals surface area contributed by atoms with Crippen molar-refractivity contribution in [3.05, 3.63) is 70.5 Å². The summed E-state index contributed by atoms with van der Waals surface area (Å²) in [5.41, 5.74) is 2.16. The van der Waals surface area contributed by atoms with Crippen LogP contribution in [0, 0.1) is 13.8 Å². The molecule has 0 spiro atoms. The van der Waals surface area contributed by atoms with Gasteiger partial charge in [-0.3, -0.25) is 9.58 Å². The molecule has 1 atom stereocenters. The van der Waals surface area contributed by atoms with Gasteiger partial charge in [0.2, 0.25) is 0 Å². The summed E-state index contributed by atoms with van der Waals surface area (Å²) in [5.74, 6) is 2.19. The number of aliphatic hydroxyl groups is 1. The number of halogens is 1. The number of aromatic nitrogens is 2. The summed E-state index contributed by atoms with van der Waals surface area (Å²) in [6, 6.07) is 11.8. The van der Waals surface area contributed by atoms with Crippen molar-refractivity contribution in [2.24, 2.45) is 0 Å². The normalized spacial score (nSPS) is 18.2. The van der Waals surface area contributed by atoms with E-state index in [1.54, 1.807) is 13.3 Å². The molecule has 4 rings (SSSR count). The van der Waals surface area contributed by atoms with Crippen molar-refractivity contribution in [3.8, 4) is 17.2 Å². The smallest absolute Gasteiger partial charge is 0.161 e. The Morgan fingerprint density at radius 2 is 1.92 bits per heavy atom. The Morgan fingerprint density at radius 1 is 1.11 bits per heavy atom. The van der Waals surface area contributed by atoms with Gasteiger partial charge in [-0.25, -0.2) is 0 Å². The number of hydrogen-bond donors (Lipinski definition) is 1. The molecule has 1 aliphatic heterocycles. The second-order valence-electron chi connectivity index (χ2n) is 9.65. The number of rotatable bonds is 11. The highest BCUT2D eigenvalue weighted by atomic mass is 35.5. The maximum atomic E-state index is 11.3. The molecule has 194 valence electrons. The number of β-amino-alcohol motifs (C(OH)–C–C–N with tert-alkyl or cyclic N) is 1. The lowest BCUT2D eigenvalue weighted by Gasteiger charge is -2.39. The fourth-order valence-corrected chi connectivity index (χ4v) is 4.81. The lowest BCUT2D eigenvalue weighted by atomic mass is 9.93. The van der Waals surface area contributed by atoms with Crippen LogP contribution in [-0.2, 0) is 13.1 Å². The van der Waals surface area contributed by atoms with Crippen LogP contribution in [0.5, 0.6) is 17.2 Å². The van der Waals surface area contributed by atoms with Gasteiger partial charge in [0.25, 0.3) is 0 Å². The lowest BCUT2D eigenvalue weighted by molar-refractivity contribution is -0.0621. The highest BCUT2D eigenvalue weighted by Crippen LogP contribution is 2.31. The summed E-state index contributed by atoms with van der Waals surface area (Å²) in [4.78, 5) is 2.27. The SMILES string of the molecule is COc1ccc(CN2CCC[C@@](O)(COc3cc(C)c(Cl)c(C)c3)C2)cc1OCCCn1cccn1. The van der Waals surface area contributed by atoms with E-state index in [0.717, 1.165) is 71.4 Å². The van der Waals surface area contributed by atoms with E-state index < -0.39 is 5.60 Å². The van der Waals surface area contributed by atoms with Crippen LogP contribution in [0.3, 0.4) is 0 Å². The minimum Gasteiger partial charge on any atom is -0.493 e. The zero-order valence-electron chi connectivity index (χ0n) is 21.4. The predicted octanol–water partition coefficient (Wildman–Crippen LogP) is 5.04. The van der Waals surface area contributed by atoms with Crippen LogP contribution in [0.25, 0.3) is 0 Å². The van der Waals surface area contributed by atoms with Gasteiger partial charge in [0.15, 0.2) is 11.5 Å². The van der Waals surface area contributed by atoms with Gasteiger partial charge in [0.05, 0.1) is 13.7 Å². The molecule has 1 aliphatic rings. The number of benzene rings is 2. The number of likely N-dealkylation sites (tertiary alicyclic amines) is 1. The van der Waals surface area contributed by atoms with Crippen LogP contribution in [0.15, 0.2) is 48.8 Å². The van der Waals surface area contributed by atoms with E-state index >= 15 is 0 Å². The average Bonchev–Trinajstić information content (AvgIpc) is 3.38. The van der Waals surface area contributed by atoms with Crippen molar-refractivity contribution >= 4 is 11.6 Å². The van der Waals surface area contributed by atoms with Gasteiger partial charge in [-0.1, -0.05) is 17.7 Å². The maximum Gasteiger partial charge on any atom is 0.161 e. The first-order valence-electron chi connectivity index (χ1n) is 12.5. The van der Waals surface area contributed by atoms with Gasteiger partial charge >= 0.3 is 0 Å². The molecule has 0 bridgehead atoms. The van der Waals surface area contributed by atoms with Crippen LogP contribution in [0.1, 0.15) is 36.0 Å². The van der Waals surface area contributed by atoms with E-state index in [9.17, 15) is 5.11 Å². The second-order valence-corrected chi connectivity index (χ2v) is 10.0. The van der Waals surface area contributed by atoms with Gasteiger partial charge in [0, 0.05) is 43.5 Å². The molecule has 1 N–H and O–H groups in total. The summed E-state index contributed by atoms with van der Waals surface area (Å²) >= 11 is 6.28. The fraction of sp³-hybridized carbons (Fsp3) is 0.464. The molecule has 36 heavy (non-hydrogen) atoms. The van der Waals surface area contributed by atoms with E-state index in [4.69, 9.17) is 25.8 Å². The van der Waals surface area contributed by atoms with Gasteiger partial charge in [-0.2, -0.15) is 5.10 Å². The van der Waals surface area contributed by atoms with E-state index in [0.29, 0.717) is 19.6 Å². The Hall–Kier alpha value is -2.74. The Kier molecular flexibility index (Phi) is 8.77. The van der Waals surface area contributed by atoms with Gasteiger partial charge in [0.1, 0.15) is 18.0 Å². The lowest BCUT2D eigenvalue weighted by Crippen LogP contribution is -2.51. The number of nitrogens with zero attached hydrogens (tertiary/aromatic N) is 3. The first-order chi connectivity index (χ1) is 17.3. The third kappa shape index (κ3) is 6.93. The van der Waals surface area contributed by atoms with Crippen molar-refractivity contribution in [3.63, 3.8) is 0 Å². The molecule has 8 heteroatoms. The summed E-state index contributed by atoms with van der Waals surface area (Å²) in [6.45, 7) is 7.74. The molecule has 0 radical (unpaired) electrons. The summed E-state index contributed by atoms with van der Waals surface area (Å²) in [6.07, 6.45) is 6.19. The van der Waals surface area contributed by atoms with E-state index in [-0.39, 0.29) is 6.61 Å². The third-order valence-electron chi connectivity index (χ3n) is 6.53. The van der Waals surface area contributed by atoms with Gasteiger partial charge in [-0.05, 0) is 80.3 Å². The van der Waals surface area contributed by atoms with Gasteiger partial charge in [-0.15, -0.1) is 0 Å². The summed E-state index contributed by atoms with van der Waals surface area (Å²) in [5, 5.41) is 16.3. The molecule has 0 saturated carbocycles. The van der Waals surface area contributed by atoms with Gasteiger partial charge < -0.3 is 19.3 Å². The van der Waals surface area contributed by atoms with Crippen molar-refractivity contribution in [1.82, 2.24) is 14.7 Å². The molecule has 1 aromatic heterocycles. The predicted molar refractivity (Wildman–Crippen MR) is 141 cm³/mol. The highest BCUT2D eigenvalue weighted by Gasteiger charge is 2.34. The highest BCUT2D eigenvalue weighted by molar-refractivity contribution is 6.32. The fourth-order valence-electron chi connectivity index (χ4n) is 4.70. The van der Waals surface area contributed by atoms with Crippen LogP contribution in [0.2, 0.25) is 5.02 Å². The van der Waals surface area contributed by atoms with Crippen LogP contribution in [0.4, 0.5) is 0 Å². The second kappa shape index (κ2) is 12.0. The first kappa shape index (κ1) is 26.3. The molecule has 2 aromatic carbocycles. The van der Waals surface area contributed by atoms with Crippen LogP contribution >= 0.6 is 11.6 Å². The third-order valence-corrected chi connectivity index (χ3v) is 7.13. The first-order valence-corrected chi connectivity index (χ1v) is 12.8. The monoisotopic (exact) mass is 513 g/mol. The number of hydrogen-bond acceptors (Lipinski definition) is 6.